The second-order valence-electron chi connectivity index (χ2n) is 8.31. The molecule has 1 atom stereocenters. The summed E-state index contributed by atoms with van der Waals surface area (Å²) in [6, 6.07) is 23.0. The van der Waals surface area contributed by atoms with Gasteiger partial charge in [0.15, 0.2) is 0 Å². The fourth-order valence-electron chi connectivity index (χ4n) is 3.90. The Morgan fingerprint density at radius 2 is 1.85 bits per heavy atom. The van der Waals surface area contributed by atoms with Crippen LogP contribution in [0.2, 0.25) is 5.02 Å². The first kappa shape index (κ1) is 27.6. The Hall–Kier alpha value is -4.40. The number of halogens is 1. The standard InChI is InChI=1S/C27H24ClN5O5S/c1-29-27(31-39(36,37)24-16-14-23(28)15-17-24)32-19-25(21-8-3-2-4-9-21)26(30-32)22-12-10-20(11-13-22)7-5-6-18-38-33(34)35/h2-4,8-17,25H,6,18-19H2,1H3,(H,29,31)/t25-/m0/s1. The van der Waals surface area contributed by atoms with Gasteiger partial charge in [0.25, 0.3) is 15.1 Å². The minimum absolute atomic E-state index is 0.0179. The van der Waals surface area contributed by atoms with Gasteiger partial charge in [-0.1, -0.05) is 65.9 Å². The number of nitrogens with one attached hydrogen (secondary N) is 1. The van der Waals surface area contributed by atoms with E-state index in [2.05, 4.69) is 26.4 Å². The first-order valence-corrected chi connectivity index (χ1v) is 13.6. The third-order valence-corrected chi connectivity index (χ3v) is 7.27. The topological polar surface area (TPSA) is 127 Å². The maximum atomic E-state index is 13.0. The molecule has 0 radical (unpaired) electrons. The van der Waals surface area contributed by atoms with Crippen LogP contribution in [0.15, 0.2) is 93.3 Å². The van der Waals surface area contributed by atoms with E-state index >= 15 is 0 Å². The van der Waals surface area contributed by atoms with Crippen LogP contribution in [0.4, 0.5) is 0 Å². The molecular formula is C27H24ClN5O5S. The monoisotopic (exact) mass is 565 g/mol. The molecule has 1 aliphatic heterocycles. The van der Waals surface area contributed by atoms with Gasteiger partial charge in [0.1, 0.15) is 6.61 Å². The van der Waals surface area contributed by atoms with Gasteiger partial charge in [0.2, 0.25) is 5.96 Å². The predicted molar refractivity (Wildman–Crippen MR) is 148 cm³/mol. The zero-order chi connectivity index (χ0) is 27.8. The maximum Gasteiger partial charge on any atom is 0.294 e. The van der Waals surface area contributed by atoms with Crippen molar-refractivity contribution in [2.24, 2.45) is 9.50 Å². The predicted octanol–water partition coefficient (Wildman–Crippen LogP) is 4.06. The van der Waals surface area contributed by atoms with E-state index in [-0.39, 0.29) is 29.8 Å². The molecule has 3 aromatic carbocycles. The van der Waals surface area contributed by atoms with Gasteiger partial charge in [-0.2, -0.15) is 13.5 Å². The molecule has 0 saturated heterocycles. The van der Waals surface area contributed by atoms with Crippen molar-refractivity contribution in [3.8, 4) is 11.8 Å². The van der Waals surface area contributed by atoms with Gasteiger partial charge in [-0.05, 0) is 47.5 Å². The van der Waals surface area contributed by atoms with Crippen molar-refractivity contribution in [3.63, 3.8) is 0 Å². The molecule has 1 N–H and O–H groups in total. The van der Waals surface area contributed by atoms with E-state index in [0.29, 0.717) is 11.6 Å². The van der Waals surface area contributed by atoms with Crippen molar-refractivity contribution in [2.75, 3.05) is 20.2 Å². The van der Waals surface area contributed by atoms with Gasteiger partial charge in [-0.15, -0.1) is 14.5 Å². The molecule has 0 aromatic heterocycles. The van der Waals surface area contributed by atoms with Gasteiger partial charge >= 0.3 is 0 Å². The number of rotatable bonds is 7. The van der Waals surface area contributed by atoms with Crippen LogP contribution < -0.4 is 5.32 Å². The summed E-state index contributed by atoms with van der Waals surface area (Å²) in [7, 11) is -2.43. The molecule has 4 rings (SSSR count). The number of hydrazone groups is 1. The van der Waals surface area contributed by atoms with Crippen LogP contribution in [0.1, 0.15) is 29.0 Å². The van der Waals surface area contributed by atoms with Crippen molar-refractivity contribution in [3.05, 3.63) is 111 Å². The Labute approximate surface area is 231 Å². The Morgan fingerprint density at radius 3 is 2.49 bits per heavy atom. The lowest BCUT2D eigenvalue weighted by molar-refractivity contribution is -0.757. The van der Waals surface area contributed by atoms with Crippen molar-refractivity contribution >= 4 is 33.3 Å². The molecule has 0 amide bonds. The molecule has 1 heterocycles. The van der Waals surface area contributed by atoms with Crippen LogP contribution in [-0.2, 0) is 14.9 Å². The summed E-state index contributed by atoms with van der Waals surface area (Å²) in [5.74, 6) is 5.73. The largest absolute Gasteiger partial charge is 0.357 e. The lowest BCUT2D eigenvalue weighted by atomic mass is 9.90. The highest BCUT2D eigenvalue weighted by Crippen LogP contribution is 2.29. The molecule has 1 aliphatic rings. The lowest BCUT2D eigenvalue weighted by Crippen LogP contribution is -2.36. The fourth-order valence-corrected chi connectivity index (χ4v) is 5.02. The van der Waals surface area contributed by atoms with Crippen molar-refractivity contribution < 1.29 is 18.3 Å². The second-order valence-corrected chi connectivity index (χ2v) is 10.4. The van der Waals surface area contributed by atoms with Gasteiger partial charge in [0, 0.05) is 30.0 Å². The quantitative estimate of drug-likeness (QED) is 0.114. The molecule has 10 nitrogen and oxygen atoms in total. The average Bonchev–Trinajstić information content (AvgIpc) is 3.38. The minimum atomic E-state index is -4.02. The summed E-state index contributed by atoms with van der Waals surface area (Å²) in [6.45, 7) is 0.278. The SMILES string of the molecule is CN/C(=N/S(=O)(=O)c1ccc(Cl)cc1)N1C[C@@H](c2ccccc2)C(c2ccc(C#CCCO[N+](=O)[O-])cc2)=N1. The second kappa shape index (κ2) is 12.4. The van der Waals surface area contributed by atoms with E-state index in [1.807, 2.05) is 54.6 Å². The van der Waals surface area contributed by atoms with Crippen LogP contribution in [0.5, 0.6) is 0 Å². The molecule has 0 unspecified atom stereocenters. The van der Waals surface area contributed by atoms with E-state index in [1.165, 1.54) is 24.3 Å². The van der Waals surface area contributed by atoms with Gasteiger partial charge in [-0.3, -0.25) is 0 Å². The Balaban J connectivity index is 1.63. The number of guanidine groups is 1. The summed E-state index contributed by atoms with van der Waals surface area (Å²) < 4.78 is 30.0. The van der Waals surface area contributed by atoms with Crippen molar-refractivity contribution in [1.29, 1.82) is 0 Å². The van der Waals surface area contributed by atoms with Crippen molar-refractivity contribution in [1.82, 2.24) is 10.3 Å². The molecule has 0 bridgehead atoms. The van der Waals surface area contributed by atoms with Gasteiger partial charge < -0.3 is 10.2 Å². The minimum Gasteiger partial charge on any atom is -0.357 e. The third kappa shape index (κ3) is 7.13. The summed E-state index contributed by atoms with van der Waals surface area (Å²) in [5, 5.41) is 19.0. The normalized spacial score (nSPS) is 15.2. The fraction of sp³-hybridized carbons (Fsp3) is 0.185. The summed E-state index contributed by atoms with van der Waals surface area (Å²) >= 11 is 5.90. The lowest BCUT2D eigenvalue weighted by Gasteiger charge is -2.18. The third-order valence-electron chi connectivity index (χ3n) is 5.74. The molecule has 200 valence electrons. The number of nitrogens with zero attached hydrogens (tertiary/aromatic N) is 4. The molecule has 0 saturated carbocycles. The summed E-state index contributed by atoms with van der Waals surface area (Å²) in [4.78, 5) is 14.5. The van der Waals surface area contributed by atoms with E-state index < -0.39 is 15.1 Å². The molecule has 0 aliphatic carbocycles. The van der Waals surface area contributed by atoms with Gasteiger partial charge in [-0.25, -0.2) is 5.01 Å². The van der Waals surface area contributed by atoms with Crippen LogP contribution in [0.25, 0.3) is 0 Å². The molecule has 3 aromatic rings. The highest BCUT2D eigenvalue weighted by molar-refractivity contribution is 7.90. The number of hydrogen-bond acceptors (Lipinski definition) is 6. The highest BCUT2D eigenvalue weighted by Gasteiger charge is 2.32. The first-order valence-electron chi connectivity index (χ1n) is 11.8. The number of hydrogen-bond donors (Lipinski definition) is 1. The van der Waals surface area contributed by atoms with Crippen LogP contribution in [0.3, 0.4) is 0 Å². The smallest absolute Gasteiger partial charge is 0.294 e. The Bertz CT molecular complexity index is 1550. The molecule has 39 heavy (non-hydrogen) atoms. The van der Waals surface area contributed by atoms with Crippen LogP contribution in [-0.4, -0.2) is 50.4 Å². The van der Waals surface area contributed by atoms with Crippen LogP contribution >= 0.6 is 11.6 Å². The van der Waals surface area contributed by atoms with Gasteiger partial charge in [0.05, 0.1) is 17.2 Å². The molecule has 0 spiro atoms. The maximum absolute atomic E-state index is 13.0. The van der Waals surface area contributed by atoms with Crippen molar-refractivity contribution in [2.45, 2.75) is 17.2 Å². The molecule has 12 heteroatoms. The summed E-state index contributed by atoms with van der Waals surface area (Å²) in [6.07, 6.45) is 0.228. The van der Waals surface area contributed by atoms with Crippen LogP contribution in [0, 0.1) is 22.0 Å². The average molecular weight is 566 g/mol. The van der Waals surface area contributed by atoms with E-state index in [9.17, 15) is 18.5 Å². The summed E-state index contributed by atoms with van der Waals surface area (Å²) in [5.41, 5.74) is 3.33. The number of benzene rings is 3. The first-order chi connectivity index (χ1) is 18.8. The van der Waals surface area contributed by atoms with E-state index in [1.54, 1.807) is 12.1 Å². The van der Waals surface area contributed by atoms with E-state index in [4.69, 9.17) is 16.7 Å². The highest BCUT2D eigenvalue weighted by atomic mass is 35.5. The molecule has 0 fully saturated rings. The zero-order valence-corrected chi connectivity index (χ0v) is 22.4. The molecular weight excluding hydrogens is 542 g/mol. The Kier molecular flexibility index (Phi) is 8.81. The van der Waals surface area contributed by atoms with E-state index in [0.717, 1.165) is 22.4 Å². The zero-order valence-electron chi connectivity index (χ0n) is 20.8. The Morgan fingerprint density at radius 1 is 1.15 bits per heavy atom. The number of sulfonamides is 1.